The lowest BCUT2D eigenvalue weighted by Gasteiger charge is -2.04. The predicted octanol–water partition coefficient (Wildman–Crippen LogP) is 6.75. The molecule has 0 spiro atoms. The van der Waals surface area contributed by atoms with Crippen molar-refractivity contribution in [3.8, 4) is 30.6 Å². The summed E-state index contributed by atoms with van der Waals surface area (Å²) in [6, 6.07) is 10.5. The third-order valence-corrected chi connectivity index (χ3v) is 7.25. The lowest BCUT2D eigenvalue weighted by atomic mass is 10.1. The SMILES string of the molecule is O=Cc1ccsc1-c1sccc1-c1sccc1-c1cccs1. The van der Waals surface area contributed by atoms with Crippen molar-refractivity contribution in [1.29, 1.82) is 0 Å². The van der Waals surface area contributed by atoms with E-state index in [0.29, 0.717) is 0 Å². The Morgan fingerprint density at radius 1 is 0.682 bits per heavy atom. The maximum absolute atomic E-state index is 11.3. The number of carbonyl (C=O) groups is 1. The Kier molecular flexibility index (Phi) is 3.80. The highest BCUT2D eigenvalue weighted by Gasteiger charge is 2.18. The van der Waals surface area contributed by atoms with Gasteiger partial charge in [-0.05, 0) is 45.8 Å². The first-order chi connectivity index (χ1) is 10.9. The predicted molar refractivity (Wildman–Crippen MR) is 99.6 cm³/mol. The van der Waals surface area contributed by atoms with Gasteiger partial charge in [-0.1, -0.05) is 6.07 Å². The molecule has 108 valence electrons. The first kappa shape index (κ1) is 14.1. The topological polar surface area (TPSA) is 17.1 Å². The van der Waals surface area contributed by atoms with Crippen LogP contribution in [0, 0.1) is 0 Å². The van der Waals surface area contributed by atoms with Crippen LogP contribution >= 0.6 is 45.3 Å². The highest BCUT2D eigenvalue weighted by atomic mass is 32.1. The van der Waals surface area contributed by atoms with Crippen molar-refractivity contribution in [3.05, 3.63) is 57.4 Å². The molecule has 0 radical (unpaired) electrons. The fourth-order valence-electron chi connectivity index (χ4n) is 2.40. The van der Waals surface area contributed by atoms with Gasteiger partial charge >= 0.3 is 0 Å². The highest BCUT2D eigenvalue weighted by Crippen LogP contribution is 2.46. The molecule has 0 saturated heterocycles. The van der Waals surface area contributed by atoms with Gasteiger partial charge in [0.25, 0.3) is 0 Å². The maximum atomic E-state index is 11.3. The molecule has 4 rings (SSSR count). The van der Waals surface area contributed by atoms with E-state index in [1.165, 1.54) is 25.8 Å². The molecule has 1 nitrogen and oxygen atoms in total. The van der Waals surface area contributed by atoms with E-state index < -0.39 is 0 Å². The number of aldehydes is 1. The summed E-state index contributed by atoms with van der Waals surface area (Å²) in [6.07, 6.45) is 0.948. The van der Waals surface area contributed by atoms with Gasteiger partial charge in [0, 0.05) is 26.4 Å². The number of hydrogen-bond donors (Lipinski definition) is 0. The summed E-state index contributed by atoms with van der Waals surface area (Å²) in [4.78, 5) is 16.1. The zero-order valence-corrected chi connectivity index (χ0v) is 14.6. The Hall–Kier alpha value is -1.53. The van der Waals surface area contributed by atoms with Crippen LogP contribution in [-0.2, 0) is 0 Å². The van der Waals surface area contributed by atoms with Gasteiger partial charge in [-0.25, -0.2) is 0 Å². The first-order valence-corrected chi connectivity index (χ1v) is 10.1. The molecule has 0 aliphatic carbocycles. The van der Waals surface area contributed by atoms with Gasteiger partial charge in [0.2, 0.25) is 0 Å². The Morgan fingerprint density at radius 2 is 1.41 bits per heavy atom. The monoisotopic (exact) mass is 358 g/mol. The second-order valence-corrected chi connectivity index (χ2v) is 8.32. The van der Waals surface area contributed by atoms with Crippen LogP contribution in [-0.4, -0.2) is 6.29 Å². The summed E-state index contributed by atoms with van der Waals surface area (Å²) in [5.41, 5.74) is 3.29. The molecule has 5 heteroatoms. The third kappa shape index (κ3) is 2.30. The molecule has 0 N–H and O–H groups in total. The molecule has 0 atom stereocenters. The Balaban J connectivity index is 1.88. The van der Waals surface area contributed by atoms with Crippen LogP contribution in [0.2, 0.25) is 0 Å². The van der Waals surface area contributed by atoms with Crippen LogP contribution in [0.3, 0.4) is 0 Å². The summed E-state index contributed by atoms with van der Waals surface area (Å²) in [7, 11) is 0. The van der Waals surface area contributed by atoms with E-state index in [9.17, 15) is 4.79 Å². The Morgan fingerprint density at radius 3 is 2.18 bits per heavy atom. The minimum Gasteiger partial charge on any atom is -0.298 e. The summed E-state index contributed by atoms with van der Waals surface area (Å²) < 4.78 is 0. The van der Waals surface area contributed by atoms with Gasteiger partial charge in [-0.2, -0.15) is 0 Å². The fraction of sp³-hybridized carbons (Fsp3) is 0. The summed E-state index contributed by atoms with van der Waals surface area (Å²) in [5, 5.41) is 8.34. The van der Waals surface area contributed by atoms with E-state index >= 15 is 0 Å². The third-order valence-electron chi connectivity index (χ3n) is 3.39. The Labute approximate surface area is 144 Å². The average Bonchev–Trinajstić information content (AvgIpc) is 3.32. The maximum Gasteiger partial charge on any atom is 0.151 e. The summed E-state index contributed by atoms with van der Waals surface area (Å²) >= 11 is 6.86. The molecular formula is C17H10OS4. The molecule has 0 aliphatic rings. The van der Waals surface area contributed by atoms with Gasteiger partial charge < -0.3 is 0 Å². The van der Waals surface area contributed by atoms with E-state index in [-0.39, 0.29) is 0 Å². The minimum absolute atomic E-state index is 0.780. The van der Waals surface area contributed by atoms with Crippen molar-refractivity contribution in [2.24, 2.45) is 0 Å². The molecular weight excluding hydrogens is 348 g/mol. The van der Waals surface area contributed by atoms with E-state index in [0.717, 1.165) is 16.7 Å². The second-order valence-electron chi connectivity index (χ2n) is 4.63. The van der Waals surface area contributed by atoms with Crippen LogP contribution in [0.4, 0.5) is 0 Å². The van der Waals surface area contributed by atoms with Crippen molar-refractivity contribution in [2.75, 3.05) is 0 Å². The van der Waals surface area contributed by atoms with Crippen LogP contribution in [0.15, 0.2) is 51.9 Å². The molecule has 22 heavy (non-hydrogen) atoms. The van der Waals surface area contributed by atoms with E-state index in [1.807, 2.05) is 11.4 Å². The van der Waals surface area contributed by atoms with Crippen molar-refractivity contribution >= 4 is 51.6 Å². The standard InChI is InChI=1S/C17H10OS4/c18-10-11-3-7-20-15(11)17-13(5-9-22-17)16-12(4-8-21-16)14-2-1-6-19-14/h1-10H. The van der Waals surface area contributed by atoms with Crippen LogP contribution in [0.1, 0.15) is 10.4 Å². The van der Waals surface area contributed by atoms with Gasteiger partial charge in [0.1, 0.15) is 0 Å². The van der Waals surface area contributed by atoms with Gasteiger partial charge in [0.05, 0.1) is 9.75 Å². The van der Waals surface area contributed by atoms with E-state index in [4.69, 9.17) is 0 Å². The molecule has 0 aromatic carbocycles. The van der Waals surface area contributed by atoms with Crippen LogP contribution in [0.5, 0.6) is 0 Å². The van der Waals surface area contributed by atoms with Gasteiger partial charge in [-0.15, -0.1) is 45.3 Å². The largest absolute Gasteiger partial charge is 0.298 e. The highest BCUT2D eigenvalue weighted by molar-refractivity contribution is 7.22. The van der Waals surface area contributed by atoms with Gasteiger partial charge in [0.15, 0.2) is 6.29 Å². The minimum atomic E-state index is 0.780. The number of thiophene rings is 4. The first-order valence-electron chi connectivity index (χ1n) is 6.61. The molecule has 4 aromatic rings. The molecule has 4 heterocycles. The number of carbonyl (C=O) groups excluding carboxylic acids is 1. The van der Waals surface area contributed by atoms with Crippen molar-refractivity contribution in [1.82, 2.24) is 0 Å². The molecule has 0 fully saturated rings. The lowest BCUT2D eigenvalue weighted by molar-refractivity contribution is 0.112. The zero-order valence-electron chi connectivity index (χ0n) is 11.3. The van der Waals surface area contributed by atoms with Crippen LogP contribution in [0.25, 0.3) is 30.6 Å². The average molecular weight is 359 g/mol. The van der Waals surface area contributed by atoms with Crippen molar-refractivity contribution < 1.29 is 4.79 Å². The molecule has 0 unspecified atom stereocenters. The van der Waals surface area contributed by atoms with Crippen molar-refractivity contribution in [3.63, 3.8) is 0 Å². The van der Waals surface area contributed by atoms with E-state index in [2.05, 4.69) is 40.4 Å². The number of rotatable bonds is 4. The molecule has 4 aromatic heterocycles. The summed E-state index contributed by atoms with van der Waals surface area (Å²) in [6.45, 7) is 0. The Bertz CT molecular complexity index is 908. The molecule has 0 saturated carbocycles. The van der Waals surface area contributed by atoms with Gasteiger partial charge in [-0.3, -0.25) is 4.79 Å². The molecule has 0 bridgehead atoms. The quantitative estimate of drug-likeness (QED) is 0.369. The van der Waals surface area contributed by atoms with Crippen molar-refractivity contribution in [2.45, 2.75) is 0 Å². The smallest absolute Gasteiger partial charge is 0.151 e. The molecule has 0 aliphatic heterocycles. The zero-order chi connectivity index (χ0) is 14.9. The fourth-order valence-corrected chi connectivity index (χ4v) is 6.20. The molecule has 0 amide bonds. The van der Waals surface area contributed by atoms with E-state index in [1.54, 1.807) is 45.3 Å². The summed E-state index contributed by atoms with van der Waals surface area (Å²) in [5.74, 6) is 0. The number of hydrogen-bond acceptors (Lipinski definition) is 5. The lowest BCUT2D eigenvalue weighted by Crippen LogP contribution is -1.80. The van der Waals surface area contributed by atoms with Crippen LogP contribution < -0.4 is 0 Å². The normalized spacial score (nSPS) is 10.9. The second kappa shape index (κ2) is 5.93.